The molecule has 0 spiro atoms. The van der Waals surface area contributed by atoms with E-state index in [1.807, 2.05) is 0 Å². The van der Waals surface area contributed by atoms with E-state index in [-0.39, 0.29) is 12.2 Å². The molecule has 1 N–H and O–H groups in total. The Balaban J connectivity index is 2.93. The molecule has 0 fully saturated rings. The van der Waals surface area contributed by atoms with Gasteiger partial charge in [0.15, 0.2) is 6.10 Å². The van der Waals surface area contributed by atoms with Crippen molar-refractivity contribution in [1.82, 2.24) is 0 Å². The summed E-state index contributed by atoms with van der Waals surface area (Å²) in [6.07, 6.45) is 3.83. The maximum Gasteiger partial charge on any atom is 0.344 e. The first-order chi connectivity index (χ1) is 8.08. The number of alkyl halides is 1. The highest BCUT2D eigenvalue weighted by Gasteiger charge is 2.20. The molecule has 90 valence electrons. The van der Waals surface area contributed by atoms with Crippen LogP contribution in [0.1, 0.15) is 12.0 Å². The quantitative estimate of drug-likeness (QED) is 0.850. The Morgan fingerprint density at radius 1 is 1.65 bits per heavy atom. The maximum atomic E-state index is 12.2. The number of carboxylic acids is 1. The molecule has 0 saturated carbocycles. The number of carboxylic acid groups (broad SMARTS) is 1. The Bertz CT molecular complexity index is 454. The van der Waals surface area contributed by atoms with Crippen LogP contribution in [0.2, 0.25) is 0 Å². The van der Waals surface area contributed by atoms with Crippen LogP contribution in [0.5, 0.6) is 5.75 Å². The van der Waals surface area contributed by atoms with Gasteiger partial charge in [-0.2, -0.15) is 0 Å². The van der Waals surface area contributed by atoms with Crippen LogP contribution in [-0.2, 0) is 4.79 Å². The van der Waals surface area contributed by atoms with Crippen LogP contribution in [0.4, 0.5) is 4.39 Å². The standard InChI is InChI=1S/C12H10BrFO3/c1-2-8-7-9(13)3-4-10(8)17-11(5-6-14)12(15)16/h1,3-4,7,11H,5-6H2,(H,15,16)/t11-/m0/s1. The van der Waals surface area contributed by atoms with Gasteiger partial charge in [0.25, 0.3) is 0 Å². The highest BCUT2D eigenvalue weighted by atomic mass is 79.9. The van der Waals surface area contributed by atoms with Gasteiger partial charge in [-0.15, -0.1) is 6.42 Å². The van der Waals surface area contributed by atoms with Crippen molar-refractivity contribution >= 4 is 21.9 Å². The molecule has 1 atom stereocenters. The molecule has 3 nitrogen and oxygen atoms in total. The van der Waals surface area contributed by atoms with Crippen LogP contribution in [0.15, 0.2) is 22.7 Å². The molecule has 1 aromatic rings. The third-order valence-corrected chi connectivity index (χ3v) is 2.51. The number of ether oxygens (including phenoxy) is 1. The van der Waals surface area contributed by atoms with Crippen molar-refractivity contribution in [3.8, 4) is 18.1 Å². The number of hydrogen-bond acceptors (Lipinski definition) is 2. The van der Waals surface area contributed by atoms with Gasteiger partial charge in [-0.3, -0.25) is 4.39 Å². The lowest BCUT2D eigenvalue weighted by Gasteiger charge is -2.15. The zero-order valence-corrected chi connectivity index (χ0v) is 10.4. The minimum absolute atomic E-state index is 0.213. The van der Waals surface area contributed by atoms with Gasteiger partial charge in [-0.1, -0.05) is 21.9 Å². The van der Waals surface area contributed by atoms with Gasteiger partial charge >= 0.3 is 5.97 Å². The Labute approximate surface area is 107 Å². The zero-order valence-electron chi connectivity index (χ0n) is 8.82. The molecule has 0 aliphatic heterocycles. The highest BCUT2D eigenvalue weighted by molar-refractivity contribution is 9.10. The molecule has 0 heterocycles. The predicted molar refractivity (Wildman–Crippen MR) is 64.7 cm³/mol. The van der Waals surface area contributed by atoms with Crippen LogP contribution < -0.4 is 4.74 Å². The summed E-state index contributed by atoms with van der Waals surface area (Å²) in [5.74, 6) is 1.43. The third-order valence-electron chi connectivity index (χ3n) is 2.01. The highest BCUT2D eigenvalue weighted by Crippen LogP contribution is 2.24. The summed E-state index contributed by atoms with van der Waals surface area (Å²) in [7, 11) is 0. The Hall–Kier alpha value is -1.54. The molecule has 0 radical (unpaired) electrons. The number of rotatable bonds is 5. The summed E-state index contributed by atoms with van der Waals surface area (Å²) in [6.45, 7) is -0.765. The second-order valence-corrected chi connectivity index (χ2v) is 4.12. The summed E-state index contributed by atoms with van der Waals surface area (Å²) >= 11 is 3.24. The van der Waals surface area contributed by atoms with E-state index in [0.29, 0.717) is 5.56 Å². The summed E-state index contributed by atoms with van der Waals surface area (Å²) in [5, 5.41) is 8.83. The fraction of sp³-hybridized carbons (Fsp3) is 0.250. The molecule has 0 aliphatic rings. The first-order valence-corrected chi connectivity index (χ1v) is 5.59. The van der Waals surface area contributed by atoms with Crippen LogP contribution in [0, 0.1) is 12.3 Å². The third kappa shape index (κ3) is 3.75. The SMILES string of the molecule is C#Cc1cc(Br)ccc1O[C@@H](CCF)C(=O)O. The largest absolute Gasteiger partial charge is 0.479 e. The first kappa shape index (κ1) is 13.5. The lowest BCUT2D eigenvalue weighted by Crippen LogP contribution is -2.27. The van der Waals surface area contributed by atoms with Gasteiger partial charge in [0.1, 0.15) is 5.75 Å². The number of halogens is 2. The number of terminal acetylenes is 1. The fourth-order valence-electron chi connectivity index (χ4n) is 1.20. The lowest BCUT2D eigenvalue weighted by atomic mass is 10.2. The van der Waals surface area contributed by atoms with Gasteiger partial charge in [0, 0.05) is 10.9 Å². The minimum Gasteiger partial charge on any atom is -0.479 e. The Morgan fingerprint density at radius 2 is 2.35 bits per heavy atom. The Kier molecular flexibility index (Phi) is 4.98. The molecule has 17 heavy (non-hydrogen) atoms. The van der Waals surface area contributed by atoms with Crippen molar-refractivity contribution < 1.29 is 19.0 Å². The van der Waals surface area contributed by atoms with Gasteiger partial charge in [-0.25, -0.2) is 4.79 Å². The van der Waals surface area contributed by atoms with Crippen molar-refractivity contribution in [2.45, 2.75) is 12.5 Å². The molecular formula is C12H10BrFO3. The molecule has 0 unspecified atom stereocenters. The number of hydrogen-bond donors (Lipinski definition) is 1. The molecule has 0 amide bonds. The van der Waals surface area contributed by atoms with Crippen LogP contribution in [-0.4, -0.2) is 23.9 Å². The summed E-state index contributed by atoms with van der Waals surface area (Å²) < 4.78 is 18.1. The van der Waals surface area contributed by atoms with E-state index in [2.05, 4.69) is 21.9 Å². The second kappa shape index (κ2) is 6.26. The van der Waals surface area contributed by atoms with Crippen LogP contribution >= 0.6 is 15.9 Å². The number of carbonyl (C=O) groups is 1. The smallest absolute Gasteiger partial charge is 0.344 e. The first-order valence-electron chi connectivity index (χ1n) is 4.80. The maximum absolute atomic E-state index is 12.2. The second-order valence-electron chi connectivity index (χ2n) is 3.21. The van der Waals surface area contributed by atoms with Crippen LogP contribution in [0.25, 0.3) is 0 Å². The van der Waals surface area contributed by atoms with E-state index in [1.54, 1.807) is 18.2 Å². The molecule has 0 aromatic heterocycles. The topological polar surface area (TPSA) is 46.5 Å². The minimum atomic E-state index is -1.23. The number of benzene rings is 1. The average Bonchev–Trinajstić information content (AvgIpc) is 2.30. The van der Waals surface area contributed by atoms with E-state index in [1.165, 1.54) is 0 Å². The van der Waals surface area contributed by atoms with E-state index in [4.69, 9.17) is 16.3 Å². The van der Waals surface area contributed by atoms with E-state index >= 15 is 0 Å². The molecule has 0 aliphatic carbocycles. The molecule has 1 aromatic carbocycles. The molecule has 5 heteroatoms. The van der Waals surface area contributed by atoms with Crippen molar-refractivity contribution in [3.05, 3.63) is 28.2 Å². The lowest BCUT2D eigenvalue weighted by molar-refractivity contribution is -0.145. The summed E-state index contributed by atoms with van der Waals surface area (Å²) in [5.41, 5.74) is 0.421. The van der Waals surface area contributed by atoms with Crippen molar-refractivity contribution in [2.75, 3.05) is 6.67 Å². The zero-order chi connectivity index (χ0) is 12.8. The van der Waals surface area contributed by atoms with E-state index in [9.17, 15) is 9.18 Å². The van der Waals surface area contributed by atoms with Gasteiger partial charge in [-0.05, 0) is 18.2 Å². The van der Waals surface area contributed by atoms with Gasteiger partial charge in [0.2, 0.25) is 0 Å². The summed E-state index contributed by atoms with van der Waals surface area (Å²) in [4.78, 5) is 10.8. The summed E-state index contributed by atoms with van der Waals surface area (Å²) in [6, 6.07) is 4.85. The normalized spacial score (nSPS) is 11.6. The van der Waals surface area contributed by atoms with Gasteiger partial charge < -0.3 is 9.84 Å². The molecule has 1 rings (SSSR count). The van der Waals surface area contributed by atoms with E-state index < -0.39 is 18.7 Å². The molecule has 0 bridgehead atoms. The van der Waals surface area contributed by atoms with Crippen molar-refractivity contribution in [2.24, 2.45) is 0 Å². The monoisotopic (exact) mass is 300 g/mol. The average molecular weight is 301 g/mol. The number of aliphatic carboxylic acids is 1. The fourth-order valence-corrected chi connectivity index (χ4v) is 1.56. The van der Waals surface area contributed by atoms with E-state index in [0.717, 1.165) is 4.47 Å². The van der Waals surface area contributed by atoms with Crippen molar-refractivity contribution in [1.29, 1.82) is 0 Å². The van der Waals surface area contributed by atoms with Crippen molar-refractivity contribution in [3.63, 3.8) is 0 Å². The Morgan fingerprint density at radius 3 is 2.88 bits per heavy atom. The van der Waals surface area contributed by atoms with Gasteiger partial charge in [0.05, 0.1) is 12.2 Å². The van der Waals surface area contributed by atoms with Crippen LogP contribution in [0.3, 0.4) is 0 Å². The molecule has 0 saturated heterocycles. The molecular weight excluding hydrogens is 291 g/mol. The predicted octanol–water partition coefficient (Wildman–Crippen LogP) is 2.62.